The van der Waals surface area contributed by atoms with Gasteiger partial charge in [0.05, 0.1) is 11.4 Å². The molecule has 1 heterocycles. The van der Waals surface area contributed by atoms with Crippen LogP contribution in [-0.4, -0.2) is 33.7 Å². The van der Waals surface area contributed by atoms with E-state index in [0.29, 0.717) is 22.4 Å². The van der Waals surface area contributed by atoms with Crippen molar-refractivity contribution in [3.05, 3.63) is 59.4 Å². The number of carbonyl (C=O) groups excluding carboxylic acids is 2. The van der Waals surface area contributed by atoms with Gasteiger partial charge in [0.25, 0.3) is 0 Å². The zero-order valence-corrected chi connectivity index (χ0v) is 17.6. The summed E-state index contributed by atoms with van der Waals surface area (Å²) in [5, 5.41) is 3.08. The summed E-state index contributed by atoms with van der Waals surface area (Å²) in [4.78, 5) is 31.5. The second-order valence-corrected chi connectivity index (χ2v) is 8.66. The standard InChI is InChI=1S/C21H21ClFN3O2S/c1-13(2)12-26-20(28)18(11-19(27)25-17-6-4-3-5-16(17)23)29-21(26)24-15-9-7-14(22)8-10-15/h3-10,13,18H,11-12H2,1-2H3,(H,25,27). The summed E-state index contributed by atoms with van der Waals surface area (Å²) in [5.74, 6) is -0.864. The van der Waals surface area contributed by atoms with Crippen LogP contribution < -0.4 is 5.32 Å². The van der Waals surface area contributed by atoms with E-state index in [9.17, 15) is 14.0 Å². The van der Waals surface area contributed by atoms with Crippen molar-refractivity contribution in [2.24, 2.45) is 10.9 Å². The maximum atomic E-state index is 13.8. The smallest absolute Gasteiger partial charge is 0.242 e. The Bertz CT molecular complexity index is 934. The lowest BCUT2D eigenvalue weighted by Gasteiger charge is -2.18. The van der Waals surface area contributed by atoms with Gasteiger partial charge >= 0.3 is 0 Å². The fourth-order valence-corrected chi connectivity index (χ4v) is 4.11. The number of halogens is 2. The third-order valence-corrected chi connectivity index (χ3v) is 5.57. The second-order valence-electron chi connectivity index (χ2n) is 7.05. The summed E-state index contributed by atoms with van der Waals surface area (Å²) in [7, 11) is 0. The molecule has 1 N–H and O–H groups in total. The molecular weight excluding hydrogens is 413 g/mol. The lowest BCUT2D eigenvalue weighted by Crippen LogP contribution is -2.36. The van der Waals surface area contributed by atoms with Crippen molar-refractivity contribution in [2.45, 2.75) is 25.5 Å². The zero-order chi connectivity index (χ0) is 21.0. The van der Waals surface area contributed by atoms with E-state index in [1.165, 1.54) is 23.9 Å². The second kappa shape index (κ2) is 9.41. The molecule has 1 fully saturated rings. The molecule has 5 nitrogen and oxygen atoms in total. The number of anilines is 1. The molecule has 2 amide bonds. The van der Waals surface area contributed by atoms with Crippen LogP contribution in [0.3, 0.4) is 0 Å². The number of nitrogens with zero attached hydrogens (tertiary/aromatic N) is 2. The first kappa shape index (κ1) is 21.3. The van der Waals surface area contributed by atoms with Gasteiger partial charge in [0, 0.05) is 18.0 Å². The number of aliphatic imine (C=N–C) groups is 1. The molecule has 0 aliphatic carbocycles. The van der Waals surface area contributed by atoms with E-state index in [1.54, 1.807) is 41.3 Å². The molecule has 1 saturated heterocycles. The molecule has 0 aromatic heterocycles. The van der Waals surface area contributed by atoms with Gasteiger partial charge in [0.1, 0.15) is 11.1 Å². The Hall–Kier alpha value is -2.38. The van der Waals surface area contributed by atoms with Crippen LogP contribution in [0.5, 0.6) is 0 Å². The molecule has 8 heteroatoms. The highest BCUT2D eigenvalue weighted by molar-refractivity contribution is 8.15. The summed E-state index contributed by atoms with van der Waals surface area (Å²) >= 11 is 7.17. The summed E-state index contributed by atoms with van der Waals surface area (Å²) in [6.07, 6.45) is -0.0634. The molecule has 152 valence electrons. The van der Waals surface area contributed by atoms with Crippen LogP contribution in [0.25, 0.3) is 0 Å². The van der Waals surface area contributed by atoms with E-state index in [-0.39, 0.29) is 23.9 Å². The van der Waals surface area contributed by atoms with Crippen LogP contribution in [0.4, 0.5) is 15.8 Å². The summed E-state index contributed by atoms with van der Waals surface area (Å²) in [5.41, 5.74) is 0.775. The quantitative estimate of drug-likeness (QED) is 0.689. The number of rotatable bonds is 6. The summed E-state index contributed by atoms with van der Waals surface area (Å²) in [6.45, 7) is 4.52. The molecule has 0 saturated carbocycles. The molecule has 29 heavy (non-hydrogen) atoms. The fraction of sp³-hybridized carbons (Fsp3) is 0.286. The van der Waals surface area contributed by atoms with Crippen molar-refractivity contribution in [3.63, 3.8) is 0 Å². The van der Waals surface area contributed by atoms with Gasteiger partial charge in [0.15, 0.2) is 5.17 Å². The molecule has 0 bridgehead atoms. The Kier molecular flexibility index (Phi) is 6.92. The number of nitrogens with one attached hydrogen (secondary N) is 1. The van der Waals surface area contributed by atoms with E-state index in [2.05, 4.69) is 10.3 Å². The van der Waals surface area contributed by atoms with Crippen LogP contribution in [-0.2, 0) is 9.59 Å². The molecule has 1 unspecified atom stereocenters. The molecule has 0 radical (unpaired) electrons. The van der Waals surface area contributed by atoms with Gasteiger partial charge in [-0.25, -0.2) is 9.38 Å². The zero-order valence-electron chi connectivity index (χ0n) is 16.1. The monoisotopic (exact) mass is 433 g/mol. The van der Waals surface area contributed by atoms with Crippen molar-refractivity contribution in [1.29, 1.82) is 0 Å². The number of thioether (sulfide) groups is 1. The van der Waals surface area contributed by atoms with Crippen LogP contribution >= 0.6 is 23.4 Å². The maximum absolute atomic E-state index is 13.8. The Balaban J connectivity index is 1.76. The van der Waals surface area contributed by atoms with Gasteiger partial charge in [-0.1, -0.05) is 49.3 Å². The highest BCUT2D eigenvalue weighted by Gasteiger charge is 2.39. The summed E-state index contributed by atoms with van der Waals surface area (Å²) in [6, 6.07) is 12.9. The van der Waals surface area contributed by atoms with Gasteiger partial charge in [-0.2, -0.15) is 0 Å². The predicted octanol–water partition coefficient (Wildman–Crippen LogP) is 5.10. The molecule has 1 aliphatic heterocycles. The molecule has 0 spiro atoms. The van der Waals surface area contributed by atoms with Gasteiger partial charge in [-0.05, 0) is 42.3 Å². The Morgan fingerprint density at radius 2 is 1.93 bits per heavy atom. The van der Waals surface area contributed by atoms with Crippen LogP contribution in [0.15, 0.2) is 53.5 Å². The highest BCUT2D eigenvalue weighted by atomic mass is 35.5. The SMILES string of the molecule is CC(C)CN1C(=O)C(CC(=O)Nc2ccccc2F)SC1=Nc1ccc(Cl)cc1. The first-order valence-electron chi connectivity index (χ1n) is 9.20. The van der Waals surface area contributed by atoms with Crippen LogP contribution in [0.1, 0.15) is 20.3 Å². The minimum absolute atomic E-state index is 0.0634. The average molecular weight is 434 g/mol. The Morgan fingerprint density at radius 3 is 2.59 bits per heavy atom. The number of para-hydroxylation sites is 1. The normalized spacial score (nSPS) is 18.0. The lowest BCUT2D eigenvalue weighted by molar-refractivity contribution is -0.128. The fourth-order valence-electron chi connectivity index (χ4n) is 2.82. The minimum Gasteiger partial charge on any atom is -0.324 e. The van der Waals surface area contributed by atoms with Gasteiger partial charge in [-0.3, -0.25) is 14.5 Å². The number of amidine groups is 1. The molecule has 1 atom stereocenters. The van der Waals surface area contributed by atoms with E-state index in [1.807, 2.05) is 13.8 Å². The van der Waals surface area contributed by atoms with Crippen molar-refractivity contribution in [3.8, 4) is 0 Å². The van der Waals surface area contributed by atoms with Gasteiger partial charge in [-0.15, -0.1) is 0 Å². The van der Waals surface area contributed by atoms with E-state index in [0.717, 1.165) is 0 Å². The van der Waals surface area contributed by atoms with Crippen molar-refractivity contribution < 1.29 is 14.0 Å². The van der Waals surface area contributed by atoms with Crippen molar-refractivity contribution in [2.75, 3.05) is 11.9 Å². The number of hydrogen-bond donors (Lipinski definition) is 1. The third-order valence-electron chi connectivity index (χ3n) is 4.14. The number of benzene rings is 2. The molecular formula is C21H21ClFN3O2S. The predicted molar refractivity (Wildman–Crippen MR) is 116 cm³/mol. The largest absolute Gasteiger partial charge is 0.324 e. The van der Waals surface area contributed by atoms with Crippen LogP contribution in [0, 0.1) is 11.7 Å². The number of amides is 2. The molecule has 1 aliphatic rings. The summed E-state index contributed by atoms with van der Waals surface area (Å²) < 4.78 is 13.8. The highest BCUT2D eigenvalue weighted by Crippen LogP contribution is 2.32. The first-order chi connectivity index (χ1) is 13.8. The molecule has 2 aromatic carbocycles. The van der Waals surface area contributed by atoms with Crippen LogP contribution in [0.2, 0.25) is 5.02 Å². The van der Waals surface area contributed by atoms with E-state index < -0.39 is 17.0 Å². The van der Waals surface area contributed by atoms with Crippen molar-refractivity contribution in [1.82, 2.24) is 4.90 Å². The minimum atomic E-state index is -0.605. The van der Waals surface area contributed by atoms with Gasteiger partial charge in [0.2, 0.25) is 11.8 Å². The molecule has 2 aromatic rings. The number of carbonyl (C=O) groups is 2. The third kappa shape index (κ3) is 5.58. The van der Waals surface area contributed by atoms with E-state index in [4.69, 9.17) is 11.6 Å². The maximum Gasteiger partial charge on any atom is 0.242 e. The number of hydrogen-bond acceptors (Lipinski definition) is 4. The topological polar surface area (TPSA) is 61.8 Å². The average Bonchev–Trinajstić information content (AvgIpc) is 2.94. The first-order valence-corrected chi connectivity index (χ1v) is 10.5. The van der Waals surface area contributed by atoms with Crippen molar-refractivity contribution >= 4 is 51.7 Å². The van der Waals surface area contributed by atoms with Gasteiger partial charge < -0.3 is 5.32 Å². The van der Waals surface area contributed by atoms with E-state index >= 15 is 0 Å². The lowest BCUT2D eigenvalue weighted by atomic mass is 10.2. The Morgan fingerprint density at radius 1 is 1.24 bits per heavy atom. The Labute approximate surface area is 178 Å². The molecule has 3 rings (SSSR count).